The topological polar surface area (TPSA) is 45.4 Å². The van der Waals surface area contributed by atoms with Crippen LogP contribution in [0.1, 0.15) is 70.6 Å². The van der Waals surface area contributed by atoms with E-state index >= 15 is 0 Å². The number of hydrogen-bond acceptors (Lipinski definition) is 3. The van der Waals surface area contributed by atoms with Gasteiger partial charge in [-0.3, -0.25) is 0 Å². The van der Waals surface area contributed by atoms with Crippen LogP contribution >= 0.6 is 0 Å². The summed E-state index contributed by atoms with van der Waals surface area (Å²) in [6.07, 6.45) is 13.0. The molecule has 0 aromatic heterocycles. The van der Waals surface area contributed by atoms with Gasteiger partial charge in [0.25, 0.3) is 0 Å². The fraction of sp³-hybridized carbons (Fsp3) is 0.867. The van der Waals surface area contributed by atoms with Gasteiger partial charge in [-0.2, -0.15) is 5.26 Å². The highest BCUT2D eigenvalue weighted by Crippen LogP contribution is 2.19. The van der Waals surface area contributed by atoms with Crippen molar-refractivity contribution in [1.29, 1.82) is 5.26 Å². The van der Waals surface area contributed by atoms with E-state index in [2.05, 4.69) is 11.2 Å². The van der Waals surface area contributed by atoms with Gasteiger partial charge in [-0.15, -0.1) is 0 Å². The molecular formula is C15H26N2O. The molecule has 0 bridgehead atoms. The summed E-state index contributed by atoms with van der Waals surface area (Å²) in [5, 5.41) is 13.3. The average Bonchev–Trinajstić information content (AvgIpc) is 2.41. The third-order valence-electron chi connectivity index (χ3n) is 3.70. The summed E-state index contributed by atoms with van der Waals surface area (Å²) in [7, 11) is 1.61. The standard InChI is InChI=1S/C15H26N2O/c1-18-17-15-10-8-6-4-2-3-5-7-9-14(13-16)11-12-15/h14H,2-12H2,1H3/b17-15+. The lowest BCUT2D eigenvalue weighted by Crippen LogP contribution is -2.05. The molecule has 1 unspecified atom stereocenters. The maximum Gasteiger partial charge on any atom is 0.106 e. The third-order valence-corrected chi connectivity index (χ3v) is 3.70. The van der Waals surface area contributed by atoms with Gasteiger partial charge in [-0.1, -0.05) is 43.7 Å². The van der Waals surface area contributed by atoms with Crippen LogP contribution in [0.2, 0.25) is 0 Å². The Labute approximate surface area is 111 Å². The maximum absolute atomic E-state index is 9.15. The molecule has 1 rings (SSSR count). The Balaban J connectivity index is 2.48. The molecule has 18 heavy (non-hydrogen) atoms. The fourth-order valence-electron chi connectivity index (χ4n) is 2.56. The van der Waals surface area contributed by atoms with E-state index in [0.29, 0.717) is 0 Å². The van der Waals surface area contributed by atoms with Gasteiger partial charge in [0.2, 0.25) is 0 Å². The van der Waals surface area contributed by atoms with Crippen LogP contribution < -0.4 is 0 Å². The van der Waals surface area contributed by atoms with Crippen molar-refractivity contribution in [1.82, 2.24) is 0 Å². The zero-order valence-corrected chi connectivity index (χ0v) is 11.7. The molecule has 0 saturated heterocycles. The molecule has 1 atom stereocenters. The number of nitriles is 1. The van der Waals surface area contributed by atoms with Crippen LogP contribution in [-0.2, 0) is 4.84 Å². The van der Waals surface area contributed by atoms with Gasteiger partial charge in [-0.05, 0) is 32.1 Å². The maximum atomic E-state index is 9.15. The first-order valence-electron chi connectivity index (χ1n) is 7.35. The number of rotatable bonds is 1. The first kappa shape index (κ1) is 15.0. The lowest BCUT2D eigenvalue weighted by atomic mass is 9.95. The summed E-state index contributed by atoms with van der Waals surface area (Å²) in [4.78, 5) is 4.90. The molecule has 0 radical (unpaired) electrons. The average molecular weight is 250 g/mol. The minimum Gasteiger partial charge on any atom is -0.399 e. The number of nitrogens with zero attached hydrogens (tertiary/aromatic N) is 2. The Morgan fingerprint density at radius 1 is 1.00 bits per heavy atom. The summed E-state index contributed by atoms with van der Waals surface area (Å²) in [6.45, 7) is 0. The summed E-state index contributed by atoms with van der Waals surface area (Å²) >= 11 is 0. The molecule has 102 valence electrons. The second-order valence-electron chi connectivity index (χ2n) is 5.22. The number of hydrogen-bond donors (Lipinski definition) is 0. The highest BCUT2D eigenvalue weighted by molar-refractivity contribution is 5.83. The Hall–Kier alpha value is -1.04. The largest absolute Gasteiger partial charge is 0.399 e. The van der Waals surface area contributed by atoms with Crippen molar-refractivity contribution in [3.63, 3.8) is 0 Å². The van der Waals surface area contributed by atoms with Crippen molar-refractivity contribution in [2.24, 2.45) is 11.1 Å². The van der Waals surface area contributed by atoms with Crippen LogP contribution in [0.4, 0.5) is 0 Å². The minimum atomic E-state index is 0.202. The first-order valence-corrected chi connectivity index (χ1v) is 7.35. The Bertz CT molecular complexity index is 281. The fourth-order valence-corrected chi connectivity index (χ4v) is 2.56. The van der Waals surface area contributed by atoms with Crippen LogP contribution in [0, 0.1) is 17.2 Å². The van der Waals surface area contributed by atoms with E-state index in [9.17, 15) is 0 Å². The second-order valence-corrected chi connectivity index (χ2v) is 5.22. The molecule has 0 heterocycles. The third kappa shape index (κ3) is 6.64. The molecule has 1 fully saturated rings. The van der Waals surface area contributed by atoms with E-state index in [0.717, 1.165) is 31.4 Å². The van der Waals surface area contributed by atoms with Crippen molar-refractivity contribution >= 4 is 5.71 Å². The molecule has 0 N–H and O–H groups in total. The summed E-state index contributed by atoms with van der Waals surface area (Å²) in [5.74, 6) is 0.202. The summed E-state index contributed by atoms with van der Waals surface area (Å²) in [6, 6.07) is 2.44. The second kappa shape index (κ2) is 9.94. The van der Waals surface area contributed by atoms with Crippen molar-refractivity contribution in [2.45, 2.75) is 70.6 Å². The van der Waals surface area contributed by atoms with Crippen LogP contribution in [-0.4, -0.2) is 12.8 Å². The molecule has 1 saturated carbocycles. The van der Waals surface area contributed by atoms with Gasteiger partial charge in [0.05, 0.1) is 11.8 Å². The lowest BCUT2D eigenvalue weighted by molar-refractivity contribution is 0.211. The van der Waals surface area contributed by atoms with E-state index in [1.165, 1.54) is 44.9 Å². The Morgan fingerprint density at radius 3 is 2.33 bits per heavy atom. The van der Waals surface area contributed by atoms with Crippen molar-refractivity contribution < 1.29 is 4.84 Å². The van der Waals surface area contributed by atoms with Crippen molar-refractivity contribution in [3.8, 4) is 6.07 Å². The van der Waals surface area contributed by atoms with E-state index in [1.807, 2.05) is 0 Å². The van der Waals surface area contributed by atoms with Crippen LogP contribution in [0.25, 0.3) is 0 Å². The molecule has 1 aliphatic carbocycles. The van der Waals surface area contributed by atoms with Crippen molar-refractivity contribution in [2.75, 3.05) is 7.11 Å². The van der Waals surface area contributed by atoms with Gasteiger partial charge >= 0.3 is 0 Å². The van der Waals surface area contributed by atoms with Gasteiger partial charge < -0.3 is 4.84 Å². The summed E-state index contributed by atoms with van der Waals surface area (Å²) < 4.78 is 0. The van der Waals surface area contributed by atoms with Crippen LogP contribution in [0.5, 0.6) is 0 Å². The molecule has 1 aliphatic rings. The van der Waals surface area contributed by atoms with Crippen molar-refractivity contribution in [3.05, 3.63) is 0 Å². The smallest absolute Gasteiger partial charge is 0.106 e. The molecular weight excluding hydrogens is 224 g/mol. The van der Waals surface area contributed by atoms with Gasteiger partial charge in [-0.25, -0.2) is 0 Å². The van der Waals surface area contributed by atoms with E-state index in [1.54, 1.807) is 7.11 Å². The summed E-state index contributed by atoms with van der Waals surface area (Å²) in [5.41, 5.74) is 1.14. The molecule has 0 aliphatic heterocycles. The SMILES string of the molecule is CO/N=C1\CCCCCCCCCC(C#N)CC1. The van der Waals surface area contributed by atoms with Crippen LogP contribution in [0.15, 0.2) is 5.16 Å². The van der Waals surface area contributed by atoms with Crippen LogP contribution in [0.3, 0.4) is 0 Å². The highest BCUT2D eigenvalue weighted by atomic mass is 16.6. The first-order chi connectivity index (χ1) is 8.86. The molecule has 3 nitrogen and oxygen atoms in total. The zero-order chi connectivity index (χ0) is 13.1. The molecule has 0 amide bonds. The Morgan fingerprint density at radius 2 is 1.67 bits per heavy atom. The Kier molecular flexibility index (Phi) is 8.29. The van der Waals surface area contributed by atoms with E-state index in [-0.39, 0.29) is 5.92 Å². The monoisotopic (exact) mass is 250 g/mol. The number of oxime groups is 1. The van der Waals surface area contributed by atoms with E-state index in [4.69, 9.17) is 10.1 Å². The van der Waals surface area contributed by atoms with Gasteiger partial charge in [0.15, 0.2) is 0 Å². The van der Waals surface area contributed by atoms with E-state index < -0.39 is 0 Å². The quantitative estimate of drug-likeness (QED) is 0.646. The highest BCUT2D eigenvalue weighted by Gasteiger charge is 2.10. The molecule has 0 aromatic carbocycles. The zero-order valence-electron chi connectivity index (χ0n) is 11.7. The van der Waals surface area contributed by atoms with Gasteiger partial charge in [0.1, 0.15) is 7.11 Å². The molecule has 0 spiro atoms. The normalized spacial score (nSPS) is 26.4. The van der Waals surface area contributed by atoms with Gasteiger partial charge in [0, 0.05) is 5.92 Å². The molecule has 3 heteroatoms. The minimum absolute atomic E-state index is 0.202. The predicted octanol–water partition coefficient (Wildman–Crippen LogP) is 4.43. The lowest BCUT2D eigenvalue weighted by Gasteiger charge is -2.09. The predicted molar refractivity (Wildman–Crippen MR) is 74.3 cm³/mol. The molecule has 0 aromatic rings.